The average Bonchev–Trinajstić information content (AvgIpc) is 2.31. The van der Waals surface area contributed by atoms with Crippen molar-refractivity contribution in [2.75, 3.05) is 6.54 Å². The maximum absolute atomic E-state index is 4.35. The van der Waals surface area contributed by atoms with Crippen LogP contribution in [0.25, 0.3) is 0 Å². The molecule has 78 valence electrons. The molecule has 0 aliphatic rings. The molecule has 0 atom stereocenters. The Bertz CT molecular complexity index is 341. The molecule has 0 fully saturated rings. The minimum Gasteiger partial charge on any atom is -0.308 e. The van der Waals surface area contributed by atoms with Gasteiger partial charge in [0, 0.05) is 35.9 Å². The molecular weight excluding hydrogens is 242 g/mol. The highest BCUT2D eigenvalue weighted by Gasteiger charge is 2.07. The predicted octanol–water partition coefficient (Wildman–Crippen LogP) is 2.04. The first-order valence-corrected chi connectivity index (χ1v) is 5.34. The molecule has 1 N–H and O–H groups in total. The number of hydrogen-bond donors (Lipinski definition) is 1. The van der Waals surface area contributed by atoms with E-state index >= 15 is 0 Å². The number of aryl methyl sites for hydroxylation is 2. The minimum absolute atomic E-state index is 0.785. The van der Waals surface area contributed by atoms with E-state index in [9.17, 15) is 0 Å². The van der Waals surface area contributed by atoms with Crippen LogP contribution in [-0.2, 0) is 13.6 Å². The lowest BCUT2D eigenvalue weighted by Crippen LogP contribution is -2.15. The molecule has 0 aliphatic heterocycles. The second-order valence-corrected chi connectivity index (χ2v) is 4.52. The van der Waals surface area contributed by atoms with Gasteiger partial charge in [0.25, 0.3) is 0 Å². The van der Waals surface area contributed by atoms with Gasteiger partial charge in [-0.1, -0.05) is 22.5 Å². The lowest BCUT2D eigenvalue weighted by atomic mass is 10.2. The van der Waals surface area contributed by atoms with E-state index in [1.165, 1.54) is 11.3 Å². The maximum atomic E-state index is 4.35. The Kier molecular flexibility index (Phi) is 3.89. The molecule has 0 saturated carbocycles. The normalized spacial score (nSPS) is 10.6. The van der Waals surface area contributed by atoms with Crippen LogP contribution in [0.15, 0.2) is 11.1 Å². The molecule has 0 aromatic carbocycles. The zero-order valence-electron chi connectivity index (χ0n) is 8.89. The average molecular weight is 258 g/mol. The van der Waals surface area contributed by atoms with Gasteiger partial charge in [0.05, 0.1) is 5.69 Å². The summed E-state index contributed by atoms with van der Waals surface area (Å²) in [7, 11) is 1.97. The number of halogens is 1. The zero-order valence-corrected chi connectivity index (χ0v) is 10.5. The monoisotopic (exact) mass is 257 g/mol. The van der Waals surface area contributed by atoms with Crippen LogP contribution in [0.3, 0.4) is 0 Å². The van der Waals surface area contributed by atoms with Crippen LogP contribution >= 0.6 is 15.9 Å². The molecule has 0 aliphatic carbocycles. The Labute approximate surface area is 93.3 Å². The van der Waals surface area contributed by atoms with Crippen molar-refractivity contribution in [3.63, 3.8) is 0 Å². The van der Waals surface area contributed by atoms with Crippen LogP contribution in [0.5, 0.6) is 0 Å². The molecule has 1 rings (SSSR count). The number of nitrogens with zero attached hydrogens (tertiary/aromatic N) is 2. The van der Waals surface area contributed by atoms with Gasteiger partial charge in [-0.15, -0.1) is 0 Å². The second-order valence-electron chi connectivity index (χ2n) is 3.39. The van der Waals surface area contributed by atoms with E-state index in [0.717, 1.165) is 23.3 Å². The van der Waals surface area contributed by atoms with E-state index in [-0.39, 0.29) is 0 Å². The molecule has 1 aromatic rings. The van der Waals surface area contributed by atoms with Crippen molar-refractivity contribution < 1.29 is 0 Å². The molecule has 0 bridgehead atoms. The van der Waals surface area contributed by atoms with Gasteiger partial charge in [0.2, 0.25) is 0 Å². The molecule has 3 nitrogen and oxygen atoms in total. The van der Waals surface area contributed by atoms with E-state index in [2.05, 4.69) is 39.8 Å². The first-order chi connectivity index (χ1) is 6.52. The number of aromatic nitrogens is 2. The smallest absolute Gasteiger partial charge is 0.0641 e. The summed E-state index contributed by atoms with van der Waals surface area (Å²) in [6.45, 7) is 9.52. The molecule has 4 heteroatoms. The Hall–Kier alpha value is -0.610. The third-order valence-corrected chi connectivity index (χ3v) is 2.56. The van der Waals surface area contributed by atoms with Gasteiger partial charge in [-0.3, -0.25) is 4.68 Å². The van der Waals surface area contributed by atoms with Crippen LogP contribution < -0.4 is 5.32 Å². The van der Waals surface area contributed by atoms with Crippen LogP contribution in [0, 0.1) is 13.8 Å². The summed E-state index contributed by atoms with van der Waals surface area (Å²) >= 11 is 3.31. The third-order valence-electron chi connectivity index (χ3n) is 2.28. The molecule has 1 aromatic heterocycles. The van der Waals surface area contributed by atoms with E-state index in [0.29, 0.717) is 0 Å². The summed E-state index contributed by atoms with van der Waals surface area (Å²) in [5.41, 5.74) is 3.59. The van der Waals surface area contributed by atoms with Crippen molar-refractivity contribution in [1.82, 2.24) is 15.1 Å². The highest BCUT2D eigenvalue weighted by Crippen LogP contribution is 2.11. The van der Waals surface area contributed by atoms with Crippen LogP contribution in [0.1, 0.15) is 17.0 Å². The van der Waals surface area contributed by atoms with Gasteiger partial charge in [0.1, 0.15) is 0 Å². The van der Waals surface area contributed by atoms with E-state index in [1.807, 2.05) is 18.7 Å². The third kappa shape index (κ3) is 2.69. The molecule has 0 spiro atoms. The Morgan fingerprint density at radius 1 is 1.57 bits per heavy atom. The SMILES string of the molecule is C=C(Br)CNCc1c(C)nn(C)c1C. The van der Waals surface area contributed by atoms with Gasteiger partial charge in [-0.2, -0.15) is 5.10 Å². The number of nitrogens with one attached hydrogen (secondary N) is 1. The van der Waals surface area contributed by atoms with Gasteiger partial charge >= 0.3 is 0 Å². The Morgan fingerprint density at radius 3 is 2.64 bits per heavy atom. The van der Waals surface area contributed by atoms with Gasteiger partial charge in [-0.05, 0) is 13.8 Å². The summed E-state index contributed by atoms with van der Waals surface area (Å²) in [6, 6.07) is 0. The first kappa shape index (κ1) is 11.5. The summed E-state index contributed by atoms with van der Waals surface area (Å²) in [6.07, 6.45) is 0. The number of hydrogen-bond acceptors (Lipinski definition) is 2. The van der Waals surface area contributed by atoms with Gasteiger partial charge < -0.3 is 5.32 Å². The number of rotatable bonds is 4. The van der Waals surface area contributed by atoms with E-state index in [4.69, 9.17) is 0 Å². The summed E-state index contributed by atoms with van der Waals surface area (Å²) in [5.74, 6) is 0. The minimum atomic E-state index is 0.785. The summed E-state index contributed by atoms with van der Waals surface area (Å²) < 4.78 is 2.88. The fraction of sp³-hybridized carbons (Fsp3) is 0.500. The van der Waals surface area contributed by atoms with Crippen molar-refractivity contribution in [1.29, 1.82) is 0 Å². The van der Waals surface area contributed by atoms with Gasteiger partial charge in [0.15, 0.2) is 0 Å². The van der Waals surface area contributed by atoms with Gasteiger partial charge in [-0.25, -0.2) is 0 Å². The topological polar surface area (TPSA) is 29.9 Å². The second kappa shape index (κ2) is 4.75. The van der Waals surface area contributed by atoms with Crippen LogP contribution in [0.2, 0.25) is 0 Å². The lowest BCUT2D eigenvalue weighted by molar-refractivity contribution is 0.722. The zero-order chi connectivity index (χ0) is 10.7. The molecule has 0 amide bonds. The quantitative estimate of drug-likeness (QED) is 0.895. The largest absolute Gasteiger partial charge is 0.308 e. The Balaban J connectivity index is 2.62. The maximum Gasteiger partial charge on any atom is 0.0641 e. The van der Waals surface area contributed by atoms with Crippen LogP contribution in [-0.4, -0.2) is 16.3 Å². The summed E-state index contributed by atoms with van der Waals surface area (Å²) in [4.78, 5) is 0. The molecule has 14 heavy (non-hydrogen) atoms. The van der Waals surface area contributed by atoms with Crippen LogP contribution in [0.4, 0.5) is 0 Å². The summed E-state index contributed by atoms with van der Waals surface area (Å²) in [5, 5.41) is 7.65. The van der Waals surface area contributed by atoms with Crippen molar-refractivity contribution in [2.24, 2.45) is 7.05 Å². The molecule has 0 radical (unpaired) electrons. The molecule has 1 heterocycles. The highest BCUT2D eigenvalue weighted by atomic mass is 79.9. The van der Waals surface area contributed by atoms with E-state index < -0.39 is 0 Å². The lowest BCUT2D eigenvalue weighted by Gasteiger charge is -2.03. The molecule has 0 saturated heterocycles. The van der Waals surface area contributed by atoms with E-state index in [1.54, 1.807) is 0 Å². The molecule has 0 unspecified atom stereocenters. The van der Waals surface area contributed by atoms with Crippen molar-refractivity contribution in [3.05, 3.63) is 28.0 Å². The van der Waals surface area contributed by atoms with Crippen molar-refractivity contribution in [3.8, 4) is 0 Å². The first-order valence-electron chi connectivity index (χ1n) is 4.55. The standard InChI is InChI=1S/C10H16BrN3/c1-7(11)5-12-6-10-8(2)13-14(4)9(10)3/h12H,1,5-6H2,2-4H3. The predicted molar refractivity (Wildman–Crippen MR) is 62.5 cm³/mol. The van der Waals surface area contributed by atoms with Crippen molar-refractivity contribution >= 4 is 15.9 Å². The highest BCUT2D eigenvalue weighted by molar-refractivity contribution is 9.11. The Morgan fingerprint density at radius 2 is 2.21 bits per heavy atom. The van der Waals surface area contributed by atoms with Crippen molar-refractivity contribution in [2.45, 2.75) is 20.4 Å². The fourth-order valence-corrected chi connectivity index (χ4v) is 1.59. The molecular formula is C10H16BrN3. The fourth-order valence-electron chi connectivity index (χ4n) is 1.40.